The van der Waals surface area contributed by atoms with Crippen molar-refractivity contribution in [3.8, 4) is 0 Å². The van der Waals surface area contributed by atoms with E-state index in [0.717, 1.165) is 24.8 Å². The number of halogens is 1. The van der Waals surface area contributed by atoms with Crippen LogP contribution in [0.15, 0.2) is 24.3 Å². The molecule has 1 saturated carbocycles. The van der Waals surface area contributed by atoms with Gasteiger partial charge in [0.25, 0.3) is 0 Å². The topological polar surface area (TPSA) is 29.5 Å². The number of benzene rings is 1. The van der Waals surface area contributed by atoms with Crippen LogP contribution in [0.1, 0.15) is 30.9 Å². The van der Waals surface area contributed by atoms with E-state index in [1.165, 1.54) is 0 Å². The second-order valence-electron chi connectivity index (χ2n) is 4.08. The lowest BCUT2D eigenvalue weighted by atomic mass is 9.74. The molecular weight excluding hydrogens is 212 g/mol. The summed E-state index contributed by atoms with van der Waals surface area (Å²) in [5.41, 5.74) is 0.509. The summed E-state index contributed by atoms with van der Waals surface area (Å²) in [6.45, 7) is 0. The van der Waals surface area contributed by atoms with E-state index in [1.807, 2.05) is 12.1 Å². The maximum absolute atomic E-state index is 10.2. The zero-order chi connectivity index (χ0) is 10.9. The molecule has 1 fully saturated rings. The van der Waals surface area contributed by atoms with Gasteiger partial charge in [0.1, 0.15) is 6.10 Å². The maximum atomic E-state index is 10.2. The minimum atomic E-state index is -0.548. The minimum absolute atomic E-state index is 0.367. The first kappa shape index (κ1) is 10.9. The van der Waals surface area contributed by atoms with Crippen LogP contribution in [0.25, 0.3) is 0 Å². The van der Waals surface area contributed by atoms with Gasteiger partial charge < -0.3 is 9.84 Å². The summed E-state index contributed by atoms with van der Waals surface area (Å²) in [5.74, 6) is 0. The molecule has 0 aliphatic heterocycles. The van der Waals surface area contributed by atoms with Gasteiger partial charge in [0.2, 0.25) is 0 Å². The third-order valence-electron chi connectivity index (χ3n) is 3.29. The molecule has 0 radical (unpaired) electrons. The summed E-state index contributed by atoms with van der Waals surface area (Å²) in [6.07, 6.45) is 2.42. The van der Waals surface area contributed by atoms with Crippen molar-refractivity contribution in [1.29, 1.82) is 0 Å². The summed E-state index contributed by atoms with van der Waals surface area (Å²) in [6, 6.07) is 7.29. The highest BCUT2D eigenvalue weighted by molar-refractivity contribution is 6.30. The number of hydrogen-bond donors (Lipinski definition) is 1. The van der Waals surface area contributed by atoms with Crippen molar-refractivity contribution in [2.24, 2.45) is 0 Å². The molecule has 3 heteroatoms. The number of hydrogen-bond acceptors (Lipinski definition) is 2. The molecule has 0 spiro atoms. The molecular formula is C12H15ClO2. The molecule has 0 amide bonds. The quantitative estimate of drug-likeness (QED) is 0.859. The van der Waals surface area contributed by atoms with Crippen LogP contribution >= 0.6 is 11.6 Å². The molecule has 0 aromatic heterocycles. The zero-order valence-electron chi connectivity index (χ0n) is 8.74. The summed E-state index contributed by atoms with van der Waals surface area (Å²) in [5, 5.41) is 10.9. The van der Waals surface area contributed by atoms with Gasteiger partial charge in [-0.1, -0.05) is 23.7 Å². The summed E-state index contributed by atoms with van der Waals surface area (Å²) in [7, 11) is 1.66. The number of aliphatic hydroxyl groups is 1. The van der Waals surface area contributed by atoms with Gasteiger partial charge in [-0.25, -0.2) is 0 Å². The first-order chi connectivity index (χ1) is 7.18. The largest absolute Gasteiger partial charge is 0.385 e. The molecule has 2 rings (SSSR count). The third-order valence-corrected chi connectivity index (χ3v) is 3.54. The molecule has 1 atom stereocenters. The Morgan fingerprint density at radius 1 is 1.33 bits per heavy atom. The molecule has 1 aliphatic carbocycles. The monoisotopic (exact) mass is 226 g/mol. The highest BCUT2D eigenvalue weighted by atomic mass is 35.5. The Morgan fingerprint density at radius 2 is 1.93 bits per heavy atom. The molecule has 0 saturated heterocycles. The first-order valence-corrected chi connectivity index (χ1v) is 5.54. The molecule has 1 unspecified atom stereocenters. The molecule has 1 aliphatic rings. The van der Waals surface area contributed by atoms with E-state index in [-0.39, 0.29) is 5.60 Å². The first-order valence-electron chi connectivity index (χ1n) is 5.17. The lowest BCUT2D eigenvalue weighted by Gasteiger charge is -2.44. The Kier molecular flexibility index (Phi) is 3.01. The van der Waals surface area contributed by atoms with Gasteiger partial charge in [-0.2, -0.15) is 0 Å². The standard InChI is InChI=1S/C12H15ClO2/c1-15-12(7-2-8-12)11(14)9-3-5-10(13)6-4-9/h3-6,11,14H,2,7-8H2,1H3. The Bertz CT molecular complexity index is 324. The average molecular weight is 227 g/mol. The second-order valence-corrected chi connectivity index (χ2v) is 4.51. The molecule has 0 bridgehead atoms. The summed E-state index contributed by atoms with van der Waals surface area (Å²) < 4.78 is 5.44. The lowest BCUT2D eigenvalue weighted by molar-refractivity contribution is -0.151. The number of methoxy groups -OCH3 is 1. The smallest absolute Gasteiger partial charge is 0.108 e. The fourth-order valence-electron chi connectivity index (χ4n) is 2.06. The normalized spacial score (nSPS) is 20.7. The van der Waals surface area contributed by atoms with Crippen LogP contribution in [0, 0.1) is 0 Å². The number of aliphatic hydroxyl groups excluding tert-OH is 1. The van der Waals surface area contributed by atoms with Crippen LogP contribution in [-0.4, -0.2) is 17.8 Å². The number of rotatable bonds is 3. The van der Waals surface area contributed by atoms with Gasteiger partial charge in [-0.15, -0.1) is 0 Å². The predicted molar refractivity (Wildman–Crippen MR) is 60.0 cm³/mol. The SMILES string of the molecule is COC1(C(O)c2ccc(Cl)cc2)CCC1. The van der Waals surface area contributed by atoms with Gasteiger partial charge >= 0.3 is 0 Å². The van der Waals surface area contributed by atoms with Crippen molar-refractivity contribution < 1.29 is 9.84 Å². The Balaban J connectivity index is 2.19. The van der Waals surface area contributed by atoms with Gasteiger partial charge in [0, 0.05) is 12.1 Å². The molecule has 1 aromatic carbocycles. The van der Waals surface area contributed by atoms with Crippen molar-refractivity contribution in [2.75, 3.05) is 7.11 Å². The van der Waals surface area contributed by atoms with Crippen molar-refractivity contribution in [2.45, 2.75) is 31.0 Å². The molecule has 82 valence electrons. The van der Waals surface area contributed by atoms with E-state index in [4.69, 9.17) is 16.3 Å². The van der Waals surface area contributed by atoms with Crippen molar-refractivity contribution in [3.63, 3.8) is 0 Å². The fraction of sp³-hybridized carbons (Fsp3) is 0.500. The molecule has 1 N–H and O–H groups in total. The molecule has 15 heavy (non-hydrogen) atoms. The highest BCUT2D eigenvalue weighted by Gasteiger charge is 2.44. The Hall–Kier alpha value is -0.570. The second kappa shape index (κ2) is 4.12. The Labute approximate surface area is 94.8 Å². The molecule has 1 aromatic rings. The van der Waals surface area contributed by atoms with Crippen LogP contribution < -0.4 is 0 Å². The van der Waals surface area contributed by atoms with E-state index in [1.54, 1.807) is 19.2 Å². The van der Waals surface area contributed by atoms with Gasteiger partial charge in [-0.3, -0.25) is 0 Å². The third kappa shape index (κ3) is 1.89. The van der Waals surface area contributed by atoms with E-state index in [2.05, 4.69) is 0 Å². The molecule has 2 nitrogen and oxygen atoms in total. The van der Waals surface area contributed by atoms with Crippen molar-refractivity contribution >= 4 is 11.6 Å². The van der Waals surface area contributed by atoms with Gasteiger partial charge in [0.05, 0.1) is 5.60 Å². The minimum Gasteiger partial charge on any atom is -0.385 e. The van der Waals surface area contributed by atoms with E-state index >= 15 is 0 Å². The zero-order valence-corrected chi connectivity index (χ0v) is 9.50. The molecule has 0 heterocycles. The maximum Gasteiger partial charge on any atom is 0.108 e. The van der Waals surface area contributed by atoms with Crippen molar-refractivity contribution in [3.05, 3.63) is 34.9 Å². The highest BCUT2D eigenvalue weighted by Crippen LogP contribution is 2.44. The van der Waals surface area contributed by atoms with Crippen molar-refractivity contribution in [1.82, 2.24) is 0 Å². The lowest BCUT2D eigenvalue weighted by Crippen LogP contribution is -2.45. The number of ether oxygens (including phenoxy) is 1. The van der Waals surface area contributed by atoms with Crippen LogP contribution in [0.3, 0.4) is 0 Å². The summed E-state index contributed by atoms with van der Waals surface area (Å²) in [4.78, 5) is 0. The van der Waals surface area contributed by atoms with E-state index in [0.29, 0.717) is 5.02 Å². The van der Waals surface area contributed by atoms with Crippen LogP contribution in [0.5, 0.6) is 0 Å². The fourth-order valence-corrected chi connectivity index (χ4v) is 2.19. The summed E-state index contributed by atoms with van der Waals surface area (Å²) >= 11 is 5.80. The average Bonchev–Trinajstić information content (AvgIpc) is 2.18. The van der Waals surface area contributed by atoms with Crippen LogP contribution in [0.4, 0.5) is 0 Å². The van der Waals surface area contributed by atoms with E-state index < -0.39 is 6.10 Å². The van der Waals surface area contributed by atoms with Gasteiger partial charge in [-0.05, 0) is 37.0 Å². The van der Waals surface area contributed by atoms with Crippen LogP contribution in [0.2, 0.25) is 5.02 Å². The Morgan fingerprint density at radius 3 is 2.33 bits per heavy atom. The van der Waals surface area contributed by atoms with E-state index in [9.17, 15) is 5.11 Å². The van der Waals surface area contributed by atoms with Gasteiger partial charge in [0.15, 0.2) is 0 Å². The van der Waals surface area contributed by atoms with Crippen LogP contribution in [-0.2, 0) is 4.74 Å². The predicted octanol–water partition coefficient (Wildman–Crippen LogP) is 2.94.